The van der Waals surface area contributed by atoms with Gasteiger partial charge in [0.25, 0.3) is 0 Å². The number of amides is 1. The van der Waals surface area contributed by atoms with Gasteiger partial charge in [-0.3, -0.25) is 0 Å². The molecular formula is C28H41N3O7S. The van der Waals surface area contributed by atoms with E-state index in [0.29, 0.717) is 6.61 Å². The fraction of sp³-hybridized carbons (Fsp3) is 0.536. The van der Waals surface area contributed by atoms with Crippen molar-refractivity contribution in [2.75, 3.05) is 26.3 Å². The molecule has 2 heterocycles. The topological polar surface area (TPSA) is 140 Å². The zero-order valence-corrected chi connectivity index (χ0v) is 23.7. The molecule has 1 aromatic carbocycles. The number of allylic oxidation sites excluding steroid dienone is 3. The van der Waals surface area contributed by atoms with Gasteiger partial charge in [0.05, 0.1) is 36.2 Å². The third-order valence-electron chi connectivity index (χ3n) is 6.65. The van der Waals surface area contributed by atoms with Crippen LogP contribution in [-0.4, -0.2) is 74.8 Å². The number of fused-ring (bicyclic) bond motifs is 1. The van der Waals surface area contributed by atoms with E-state index in [1.165, 1.54) is 22.5 Å². The number of aliphatic hydroxyl groups is 1. The van der Waals surface area contributed by atoms with Crippen molar-refractivity contribution in [1.29, 1.82) is 0 Å². The summed E-state index contributed by atoms with van der Waals surface area (Å²) in [5.41, 5.74) is 6.68. The normalized spacial score (nSPS) is 23.2. The Morgan fingerprint density at radius 2 is 1.97 bits per heavy atom. The molecule has 10 nitrogen and oxygen atoms in total. The molecular weight excluding hydrogens is 522 g/mol. The highest BCUT2D eigenvalue weighted by Gasteiger charge is 2.44. The lowest BCUT2D eigenvalue weighted by atomic mass is 10.0. The lowest BCUT2D eigenvalue weighted by Gasteiger charge is -2.31. The van der Waals surface area contributed by atoms with Gasteiger partial charge in [-0.05, 0) is 43.4 Å². The van der Waals surface area contributed by atoms with Gasteiger partial charge in [0, 0.05) is 18.8 Å². The Kier molecular flexibility index (Phi) is 11.1. The average molecular weight is 564 g/mol. The van der Waals surface area contributed by atoms with Crippen molar-refractivity contribution in [2.24, 2.45) is 17.6 Å². The Balaban J connectivity index is 1.79. The fourth-order valence-corrected chi connectivity index (χ4v) is 6.38. The van der Waals surface area contributed by atoms with Crippen molar-refractivity contribution in [2.45, 2.75) is 58.2 Å². The van der Waals surface area contributed by atoms with Crippen molar-refractivity contribution in [3.05, 3.63) is 71.3 Å². The number of carbonyl (C=O) groups excluding carboxylic acids is 1. The van der Waals surface area contributed by atoms with Gasteiger partial charge in [0.1, 0.15) is 6.10 Å². The van der Waals surface area contributed by atoms with Crippen molar-refractivity contribution in [1.82, 2.24) is 9.62 Å². The maximum atomic E-state index is 13.6. The molecule has 39 heavy (non-hydrogen) atoms. The van der Waals surface area contributed by atoms with E-state index in [4.69, 9.17) is 19.9 Å². The third kappa shape index (κ3) is 8.64. The summed E-state index contributed by atoms with van der Waals surface area (Å²) in [5.74, 6) is -0.0511. The second kappa shape index (κ2) is 14.1. The SMILES string of the molecule is C=C(N)/C=C\C(=C/C)S(=O)(=O)N(CC(C)C)C[C@@H](O)[C@H](Cc1ccccc1)NC(=O)O[C@H]1CO[C@H]2OCC[C@H]21. The standard InChI is InChI=1S/C28H41N3O7S/c1-5-22(12-11-20(4)29)39(34,35)31(16-19(2)3)17-25(32)24(15-21-9-7-6-8-10-21)30-28(33)38-26-18-37-27-23(26)13-14-36-27/h5-12,19,23-27,32H,4,13-18,29H2,1-3H3,(H,30,33)/b12-11-,22-5+/t23-,24-,25+,26-,27+/m0/s1. The minimum atomic E-state index is -3.99. The van der Waals surface area contributed by atoms with Gasteiger partial charge in [-0.25, -0.2) is 13.2 Å². The number of rotatable bonds is 13. The summed E-state index contributed by atoms with van der Waals surface area (Å²) < 4.78 is 45.1. The van der Waals surface area contributed by atoms with Gasteiger partial charge in [-0.2, -0.15) is 4.31 Å². The maximum absolute atomic E-state index is 13.6. The Morgan fingerprint density at radius 3 is 2.62 bits per heavy atom. The van der Waals surface area contributed by atoms with Crippen LogP contribution in [-0.2, 0) is 30.7 Å². The largest absolute Gasteiger partial charge is 0.443 e. The van der Waals surface area contributed by atoms with E-state index in [-0.39, 0.29) is 54.8 Å². The zero-order chi connectivity index (χ0) is 28.6. The van der Waals surface area contributed by atoms with Crippen LogP contribution in [0.15, 0.2) is 65.7 Å². The van der Waals surface area contributed by atoms with Crippen LogP contribution in [0.3, 0.4) is 0 Å². The smallest absolute Gasteiger partial charge is 0.407 e. The summed E-state index contributed by atoms with van der Waals surface area (Å²) in [5, 5.41) is 14.1. The highest BCUT2D eigenvalue weighted by Crippen LogP contribution is 2.33. The Hall–Kier alpha value is -2.70. The molecule has 1 aromatic rings. The highest BCUT2D eigenvalue weighted by molar-refractivity contribution is 7.93. The first-order chi connectivity index (χ1) is 18.5. The monoisotopic (exact) mass is 563 g/mol. The number of aliphatic hydroxyl groups excluding tert-OH is 1. The first kappa shape index (κ1) is 30.8. The number of hydrogen-bond acceptors (Lipinski definition) is 8. The molecule has 0 spiro atoms. The lowest BCUT2D eigenvalue weighted by molar-refractivity contribution is -0.0907. The van der Waals surface area contributed by atoms with Gasteiger partial charge < -0.3 is 30.4 Å². The van der Waals surface area contributed by atoms with E-state index in [9.17, 15) is 18.3 Å². The summed E-state index contributed by atoms with van der Waals surface area (Å²) >= 11 is 0. The first-order valence-corrected chi connectivity index (χ1v) is 14.7. The fourth-order valence-electron chi connectivity index (χ4n) is 4.71. The number of nitrogens with one attached hydrogen (secondary N) is 1. The molecule has 0 saturated carbocycles. The van der Waals surface area contributed by atoms with Crippen LogP contribution in [0.2, 0.25) is 0 Å². The molecule has 2 aliphatic rings. The molecule has 2 aliphatic heterocycles. The maximum Gasteiger partial charge on any atom is 0.407 e. The molecule has 0 bridgehead atoms. The van der Waals surface area contributed by atoms with Gasteiger partial charge in [0.2, 0.25) is 10.0 Å². The van der Waals surface area contributed by atoms with Crippen molar-refractivity contribution < 1.29 is 32.5 Å². The van der Waals surface area contributed by atoms with E-state index in [2.05, 4.69) is 11.9 Å². The quantitative estimate of drug-likeness (QED) is 0.311. The van der Waals surface area contributed by atoms with Crippen LogP contribution < -0.4 is 11.1 Å². The molecule has 216 valence electrons. The molecule has 0 aromatic heterocycles. The zero-order valence-electron chi connectivity index (χ0n) is 22.9. The second-order valence-electron chi connectivity index (χ2n) is 10.3. The number of hydrogen-bond donors (Lipinski definition) is 3. The molecule has 4 N–H and O–H groups in total. The van der Waals surface area contributed by atoms with Crippen LogP contribution in [0.1, 0.15) is 32.8 Å². The highest BCUT2D eigenvalue weighted by atomic mass is 32.2. The first-order valence-electron chi connectivity index (χ1n) is 13.2. The number of ether oxygens (including phenoxy) is 3. The van der Waals surface area contributed by atoms with Crippen LogP contribution in [0, 0.1) is 11.8 Å². The molecule has 0 unspecified atom stereocenters. The second-order valence-corrected chi connectivity index (χ2v) is 12.2. The summed E-state index contributed by atoms with van der Waals surface area (Å²) in [7, 11) is -3.99. The molecule has 3 rings (SSSR count). The summed E-state index contributed by atoms with van der Waals surface area (Å²) in [6.07, 6.45) is 2.52. The van der Waals surface area contributed by atoms with Crippen LogP contribution >= 0.6 is 0 Å². The van der Waals surface area contributed by atoms with E-state index >= 15 is 0 Å². The summed E-state index contributed by atoms with van der Waals surface area (Å²) in [4.78, 5) is 13.0. The number of carbonyl (C=O) groups is 1. The molecule has 5 atom stereocenters. The third-order valence-corrected chi connectivity index (χ3v) is 8.60. The van der Waals surface area contributed by atoms with Gasteiger partial charge in [0.15, 0.2) is 6.29 Å². The van der Waals surface area contributed by atoms with Crippen LogP contribution in [0.5, 0.6) is 0 Å². The Morgan fingerprint density at radius 1 is 1.26 bits per heavy atom. The Bertz CT molecular complexity index is 1140. The number of alkyl carbamates (subject to hydrolysis) is 1. The number of nitrogens with two attached hydrogens (primary N) is 1. The minimum Gasteiger partial charge on any atom is -0.443 e. The predicted octanol–water partition coefficient (Wildman–Crippen LogP) is 2.67. The van der Waals surface area contributed by atoms with Gasteiger partial charge >= 0.3 is 6.09 Å². The Labute approximate surface area is 231 Å². The van der Waals surface area contributed by atoms with Crippen LogP contribution in [0.25, 0.3) is 0 Å². The lowest BCUT2D eigenvalue weighted by Crippen LogP contribution is -2.51. The van der Waals surface area contributed by atoms with Crippen molar-refractivity contribution >= 4 is 16.1 Å². The van der Waals surface area contributed by atoms with Crippen molar-refractivity contribution in [3.8, 4) is 0 Å². The van der Waals surface area contributed by atoms with E-state index < -0.39 is 34.4 Å². The van der Waals surface area contributed by atoms with Gasteiger partial charge in [-0.15, -0.1) is 0 Å². The van der Waals surface area contributed by atoms with E-state index in [1.807, 2.05) is 44.2 Å². The predicted molar refractivity (Wildman–Crippen MR) is 149 cm³/mol. The van der Waals surface area contributed by atoms with Crippen molar-refractivity contribution in [3.63, 3.8) is 0 Å². The minimum absolute atomic E-state index is 0.0204. The molecule has 0 aliphatic carbocycles. The molecule has 2 fully saturated rings. The number of benzene rings is 1. The molecule has 11 heteroatoms. The average Bonchev–Trinajstić information content (AvgIpc) is 3.49. The summed E-state index contributed by atoms with van der Waals surface area (Å²) in [6, 6.07) is 8.52. The van der Waals surface area contributed by atoms with Gasteiger partial charge in [-0.1, -0.05) is 56.8 Å². The van der Waals surface area contributed by atoms with E-state index in [1.54, 1.807) is 6.92 Å². The molecule has 0 radical (unpaired) electrons. The summed E-state index contributed by atoms with van der Waals surface area (Å²) in [6.45, 7) is 9.69. The molecule has 2 saturated heterocycles. The number of nitrogens with zero attached hydrogens (tertiary/aromatic N) is 1. The van der Waals surface area contributed by atoms with Crippen LogP contribution in [0.4, 0.5) is 4.79 Å². The van der Waals surface area contributed by atoms with E-state index in [0.717, 1.165) is 12.0 Å². The molecule has 1 amide bonds. The number of sulfonamides is 1.